The number of benzene rings is 1. The van der Waals surface area contributed by atoms with Gasteiger partial charge in [-0.05, 0) is 114 Å². The van der Waals surface area contributed by atoms with Gasteiger partial charge < -0.3 is 19.9 Å². The van der Waals surface area contributed by atoms with Crippen molar-refractivity contribution >= 4 is 29.3 Å². The fraction of sp³-hybridized carbons (Fsp3) is 0.645. The van der Waals surface area contributed by atoms with Gasteiger partial charge in [0.1, 0.15) is 11.1 Å². The quantitative estimate of drug-likeness (QED) is 0.379. The molecule has 0 bridgehead atoms. The Morgan fingerprint density at radius 1 is 1.07 bits per heavy atom. The van der Waals surface area contributed by atoms with Crippen LogP contribution in [-0.2, 0) is 21.2 Å². The number of nitrogens with one attached hydrogen (secondary N) is 1. The third-order valence-electron chi connectivity index (χ3n) is 9.03. The molecule has 0 atom stereocenters. The van der Waals surface area contributed by atoms with Gasteiger partial charge in [0, 0.05) is 25.8 Å². The SMILES string of the molecule is CC(C)(C)OC(=O)N1CCC(CN2CCC(c3cnn(C4(C(=O)Nc5ccc(C(F)(F)F)cc5Cl)CCC4)c3)CC2)CC1. The van der Waals surface area contributed by atoms with E-state index >= 15 is 0 Å². The molecule has 3 heterocycles. The lowest BCUT2D eigenvalue weighted by atomic mass is 9.76. The fourth-order valence-electron chi connectivity index (χ4n) is 6.32. The van der Waals surface area contributed by atoms with Crippen molar-refractivity contribution in [2.24, 2.45) is 5.92 Å². The maximum atomic E-state index is 13.4. The maximum Gasteiger partial charge on any atom is 0.416 e. The van der Waals surface area contributed by atoms with Crippen molar-refractivity contribution < 1.29 is 27.5 Å². The Morgan fingerprint density at radius 2 is 1.74 bits per heavy atom. The fourth-order valence-corrected chi connectivity index (χ4v) is 6.55. The predicted molar refractivity (Wildman–Crippen MR) is 158 cm³/mol. The standard InChI is InChI=1S/C31H41ClF3N5O3/c1-29(2,3)43-28(42)39-15-7-21(8-16-39)19-38-13-9-22(10-14-38)23-18-36-40(20-23)30(11-4-12-30)27(41)37-26-6-5-24(17-25(26)32)31(33,34)35/h5-6,17-18,20-22H,4,7-16,19H2,1-3H3,(H,37,41). The van der Waals surface area contributed by atoms with Crippen LogP contribution in [0.5, 0.6) is 0 Å². The minimum atomic E-state index is -4.51. The zero-order valence-corrected chi connectivity index (χ0v) is 25.8. The molecule has 3 fully saturated rings. The molecule has 1 aliphatic carbocycles. The molecule has 1 aromatic carbocycles. The van der Waals surface area contributed by atoms with Crippen LogP contribution >= 0.6 is 11.6 Å². The number of alkyl halides is 3. The lowest BCUT2D eigenvalue weighted by Gasteiger charge is -2.40. The summed E-state index contributed by atoms with van der Waals surface area (Å²) in [5.41, 5.74) is -0.957. The molecule has 5 rings (SSSR count). The maximum absolute atomic E-state index is 13.4. The number of piperidine rings is 2. The first-order valence-electron chi connectivity index (χ1n) is 15.2. The number of halogens is 4. The van der Waals surface area contributed by atoms with Crippen LogP contribution in [0, 0.1) is 5.92 Å². The summed E-state index contributed by atoms with van der Waals surface area (Å²) < 4.78 is 46.3. The first-order chi connectivity index (χ1) is 20.2. The van der Waals surface area contributed by atoms with Crippen molar-refractivity contribution in [1.29, 1.82) is 0 Å². The normalized spacial score (nSPS) is 20.5. The number of carbonyl (C=O) groups is 2. The number of amides is 2. The van der Waals surface area contributed by atoms with Gasteiger partial charge in [0.2, 0.25) is 0 Å². The molecule has 8 nitrogen and oxygen atoms in total. The average molecular weight is 624 g/mol. The highest BCUT2D eigenvalue weighted by atomic mass is 35.5. The van der Waals surface area contributed by atoms with Gasteiger partial charge in [-0.1, -0.05) is 11.6 Å². The first-order valence-corrected chi connectivity index (χ1v) is 15.5. The molecule has 12 heteroatoms. The van der Waals surface area contributed by atoms with Gasteiger partial charge in [-0.2, -0.15) is 18.3 Å². The number of anilines is 1. The van der Waals surface area contributed by atoms with Crippen molar-refractivity contribution in [1.82, 2.24) is 19.6 Å². The molecular weight excluding hydrogens is 583 g/mol. The highest BCUT2D eigenvalue weighted by Gasteiger charge is 2.47. The summed E-state index contributed by atoms with van der Waals surface area (Å²) in [6, 6.07) is 2.94. The highest BCUT2D eigenvalue weighted by Crippen LogP contribution is 2.42. The molecule has 2 aromatic rings. The summed E-state index contributed by atoms with van der Waals surface area (Å²) in [4.78, 5) is 30.1. The Balaban J connectivity index is 1.12. The molecule has 1 saturated carbocycles. The molecule has 2 saturated heterocycles. The van der Waals surface area contributed by atoms with E-state index in [-0.39, 0.29) is 22.7 Å². The van der Waals surface area contributed by atoms with E-state index in [0.29, 0.717) is 24.7 Å². The Labute approximate surface area is 255 Å². The van der Waals surface area contributed by atoms with Crippen LogP contribution in [0.25, 0.3) is 0 Å². The number of rotatable bonds is 6. The second-order valence-electron chi connectivity index (χ2n) is 13.2. The van der Waals surface area contributed by atoms with Crippen molar-refractivity contribution in [2.75, 3.05) is 38.0 Å². The summed E-state index contributed by atoms with van der Waals surface area (Å²) >= 11 is 6.09. The van der Waals surface area contributed by atoms with Crippen LogP contribution in [0.4, 0.5) is 23.7 Å². The molecular formula is C31H41ClF3N5O3. The minimum Gasteiger partial charge on any atom is -0.444 e. The molecule has 2 aliphatic heterocycles. The van der Waals surface area contributed by atoms with E-state index in [0.717, 1.165) is 82.5 Å². The Bertz CT molecular complexity index is 1300. The summed E-state index contributed by atoms with van der Waals surface area (Å²) in [7, 11) is 0. The molecule has 2 amide bonds. The zero-order chi connectivity index (χ0) is 31.0. The van der Waals surface area contributed by atoms with Gasteiger partial charge in [-0.3, -0.25) is 9.48 Å². The number of nitrogens with zero attached hydrogens (tertiary/aromatic N) is 4. The van der Waals surface area contributed by atoms with Crippen LogP contribution in [0.2, 0.25) is 5.02 Å². The lowest BCUT2D eigenvalue weighted by Crippen LogP contribution is -2.51. The van der Waals surface area contributed by atoms with Gasteiger partial charge >= 0.3 is 12.3 Å². The number of ether oxygens (including phenoxy) is 1. The second kappa shape index (κ2) is 12.3. The van der Waals surface area contributed by atoms with E-state index in [1.165, 1.54) is 6.07 Å². The molecule has 3 aliphatic rings. The van der Waals surface area contributed by atoms with Gasteiger partial charge in [0.05, 0.1) is 22.5 Å². The molecule has 1 aromatic heterocycles. The Hall–Kier alpha value is -2.79. The monoisotopic (exact) mass is 623 g/mol. The number of aromatic nitrogens is 2. The largest absolute Gasteiger partial charge is 0.444 e. The highest BCUT2D eigenvalue weighted by molar-refractivity contribution is 6.33. The van der Waals surface area contributed by atoms with Crippen molar-refractivity contribution in [3.8, 4) is 0 Å². The third kappa shape index (κ3) is 7.30. The number of likely N-dealkylation sites (tertiary alicyclic amines) is 2. The lowest BCUT2D eigenvalue weighted by molar-refractivity contribution is -0.137. The zero-order valence-electron chi connectivity index (χ0n) is 25.1. The average Bonchev–Trinajstić information content (AvgIpc) is 3.39. The number of hydrogen-bond donors (Lipinski definition) is 1. The van der Waals surface area contributed by atoms with E-state index in [1.54, 1.807) is 4.68 Å². The molecule has 1 N–H and O–H groups in total. The smallest absolute Gasteiger partial charge is 0.416 e. The molecule has 0 unspecified atom stereocenters. The first kappa shape index (κ1) is 31.6. The van der Waals surface area contributed by atoms with Crippen molar-refractivity contribution in [2.45, 2.75) is 89.0 Å². The number of hydrogen-bond acceptors (Lipinski definition) is 5. The molecule has 236 valence electrons. The van der Waals surface area contributed by atoms with Crippen molar-refractivity contribution in [3.63, 3.8) is 0 Å². The van der Waals surface area contributed by atoms with E-state index in [9.17, 15) is 22.8 Å². The van der Waals surface area contributed by atoms with Gasteiger partial charge in [0.15, 0.2) is 0 Å². The van der Waals surface area contributed by atoms with Gasteiger partial charge in [-0.15, -0.1) is 0 Å². The van der Waals surface area contributed by atoms with E-state index in [1.807, 2.05) is 38.1 Å². The molecule has 43 heavy (non-hydrogen) atoms. The second-order valence-corrected chi connectivity index (χ2v) is 13.6. The number of carbonyl (C=O) groups excluding carboxylic acids is 2. The summed E-state index contributed by atoms with van der Waals surface area (Å²) in [5, 5.41) is 7.19. The Kier molecular flexibility index (Phi) is 9.05. The van der Waals surface area contributed by atoms with E-state index in [4.69, 9.17) is 16.3 Å². The Morgan fingerprint density at radius 3 is 2.30 bits per heavy atom. The van der Waals surface area contributed by atoms with E-state index < -0.39 is 22.9 Å². The van der Waals surface area contributed by atoms with Crippen LogP contribution in [0.1, 0.15) is 82.8 Å². The van der Waals surface area contributed by atoms with Crippen molar-refractivity contribution in [3.05, 3.63) is 46.7 Å². The van der Waals surface area contributed by atoms with Gasteiger partial charge in [-0.25, -0.2) is 4.79 Å². The third-order valence-corrected chi connectivity index (χ3v) is 9.34. The summed E-state index contributed by atoms with van der Waals surface area (Å²) in [6.07, 6.45) is 5.12. The summed E-state index contributed by atoms with van der Waals surface area (Å²) in [5.74, 6) is 0.597. The van der Waals surface area contributed by atoms with Crippen LogP contribution in [-0.4, -0.2) is 69.9 Å². The topological polar surface area (TPSA) is 79.7 Å². The van der Waals surface area contributed by atoms with Crippen LogP contribution in [0.3, 0.4) is 0 Å². The van der Waals surface area contributed by atoms with Gasteiger partial charge in [0.25, 0.3) is 5.91 Å². The predicted octanol–water partition coefficient (Wildman–Crippen LogP) is 6.90. The van der Waals surface area contributed by atoms with Crippen LogP contribution < -0.4 is 5.32 Å². The molecule has 0 spiro atoms. The van der Waals surface area contributed by atoms with Crippen LogP contribution in [0.15, 0.2) is 30.6 Å². The minimum absolute atomic E-state index is 0.154. The van der Waals surface area contributed by atoms with E-state index in [2.05, 4.69) is 15.3 Å². The summed E-state index contributed by atoms with van der Waals surface area (Å²) in [6.45, 7) is 10.1. The molecule has 0 radical (unpaired) electrons.